The highest BCUT2D eigenvalue weighted by molar-refractivity contribution is 6.06. The van der Waals surface area contributed by atoms with E-state index < -0.39 is 5.41 Å². The molecule has 0 aromatic carbocycles. The second-order valence-corrected chi connectivity index (χ2v) is 4.61. The van der Waals surface area contributed by atoms with Crippen LogP contribution in [-0.2, 0) is 11.3 Å². The van der Waals surface area contributed by atoms with Crippen LogP contribution in [0.4, 0.5) is 0 Å². The zero-order valence-corrected chi connectivity index (χ0v) is 12.1. The molecule has 1 aromatic heterocycles. The van der Waals surface area contributed by atoms with Crippen LogP contribution < -0.4 is 11.1 Å². The molecule has 1 heterocycles. The predicted octanol–water partition coefficient (Wildman–Crippen LogP) is 0.954. The first-order valence-corrected chi connectivity index (χ1v) is 6.54. The standard InChI is InChI=1S/C13H21N5O2/c1-4-13(5-2,11(14)18-20)12(19)17-8-10-7-15-9(3)6-16-10/h6-7,20H,4-5,8H2,1-3H3,(H2,14,18)(H,17,19). The first-order valence-electron chi connectivity index (χ1n) is 6.54. The summed E-state index contributed by atoms with van der Waals surface area (Å²) in [7, 11) is 0. The Morgan fingerprint density at radius 1 is 1.40 bits per heavy atom. The van der Waals surface area contributed by atoms with Crippen molar-refractivity contribution < 1.29 is 10.0 Å². The Bertz CT molecular complexity index is 480. The Morgan fingerprint density at radius 2 is 2.05 bits per heavy atom. The Labute approximate surface area is 118 Å². The second-order valence-electron chi connectivity index (χ2n) is 4.61. The number of aryl methyl sites for hydroxylation is 1. The van der Waals surface area contributed by atoms with Crippen molar-refractivity contribution in [2.45, 2.75) is 40.2 Å². The van der Waals surface area contributed by atoms with E-state index in [1.807, 2.05) is 20.8 Å². The van der Waals surface area contributed by atoms with Gasteiger partial charge in [-0.1, -0.05) is 19.0 Å². The monoisotopic (exact) mass is 279 g/mol. The summed E-state index contributed by atoms with van der Waals surface area (Å²) in [6, 6.07) is 0. The molecule has 0 spiro atoms. The number of amides is 1. The number of carbonyl (C=O) groups excluding carboxylic acids is 1. The zero-order chi connectivity index (χ0) is 15.2. The van der Waals surface area contributed by atoms with E-state index in [0.29, 0.717) is 18.5 Å². The third-order valence-electron chi connectivity index (χ3n) is 3.50. The first-order chi connectivity index (χ1) is 9.50. The number of aromatic nitrogens is 2. The van der Waals surface area contributed by atoms with Crippen LogP contribution >= 0.6 is 0 Å². The number of nitrogens with two attached hydrogens (primary N) is 1. The van der Waals surface area contributed by atoms with E-state index in [-0.39, 0.29) is 18.3 Å². The van der Waals surface area contributed by atoms with Crippen molar-refractivity contribution in [1.29, 1.82) is 0 Å². The number of carbonyl (C=O) groups is 1. The minimum absolute atomic E-state index is 0.0741. The number of nitrogens with one attached hydrogen (secondary N) is 1. The van der Waals surface area contributed by atoms with E-state index in [4.69, 9.17) is 10.9 Å². The topological polar surface area (TPSA) is 113 Å². The average Bonchev–Trinajstić information content (AvgIpc) is 2.48. The van der Waals surface area contributed by atoms with Gasteiger partial charge in [0.25, 0.3) is 0 Å². The Hall–Kier alpha value is -2.18. The summed E-state index contributed by atoms with van der Waals surface area (Å²) in [6.07, 6.45) is 4.15. The maximum atomic E-state index is 12.3. The molecule has 110 valence electrons. The lowest BCUT2D eigenvalue weighted by atomic mass is 9.80. The number of oxime groups is 1. The molecule has 7 heteroatoms. The molecule has 0 aliphatic carbocycles. The molecule has 0 saturated heterocycles. The fourth-order valence-electron chi connectivity index (χ4n) is 2.00. The Kier molecular flexibility index (Phi) is 5.42. The predicted molar refractivity (Wildman–Crippen MR) is 75.0 cm³/mol. The van der Waals surface area contributed by atoms with Crippen molar-refractivity contribution in [1.82, 2.24) is 15.3 Å². The van der Waals surface area contributed by atoms with Crippen LogP contribution in [0, 0.1) is 12.3 Å². The lowest BCUT2D eigenvalue weighted by Crippen LogP contribution is -2.49. The number of hydrogen-bond donors (Lipinski definition) is 3. The van der Waals surface area contributed by atoms with Gasteiger partial charge >= 0.3 is 0 Å². The van der Waals surface area contributed by atoms with Gasteiger partial charge in [-0.25, -0.2) is 0 Å². The molecule has 0 atom stereocenters. The molecule has 1 rings (SSSR count). The fraction of sp³-hybridized carbons (Fsp3) is 0.538. The SMILES string of the molecule is CCC(CC)(C(=O)NCc1cnc(C)cn1)C(N)=NO. The summed E-state index contributed by atoms with van der Waals surface area (Å²) in [6.45, 7) is 5.75. The molecule has 0 bridgehead atoms. The van der Waals surface area contributed by atoms with Gasteiger partial charge < -0.3 is 16.3 Å². The highest BCUT2D eigenvalue weighted by Crippen LogP contribution is 2.27. The summed E-state index contributed by atoms with van der Waals surface area (Å²) >= 11 is 0. The molecule has 20 heavy (non-hydrogen) atoms. The summed E-state index contributed by atoms with van der Waals surface area (Å²) in [5.74, 6) is -0.352. The average molecular weight is 279 g/mol. The van der Waals surface area contributed by atoms with Crippen molar-refractivity contribution in [2.75, 3.05) is 0 Å². The fourth-order valence-corrected chi connectivity index (χ4v) is 2.00. The highest BCUT2D eigenvalue weighted by atomic mass is 16.4. The number of nitrogens with zero attached hydrogens (tertiary/aromatic N) is 3. The van der Waals surface area contributed by atoms with Crippen LogP contribution in [0.25, 0.3) is 0 Å². The maximum absolute atomic E-state index is 12.3. The van der Waals surface area contributed by atoms with Crippen LogP contribution in [0.2, 0.25) is 0 Å². The van der Waals surface area contributed by atoms with Crippen LogP contribution in [0.5, 0.6) is 0 Å². The third kappa shape index (κ3) is 3.23. The van der Waals surface area contributed by atoms with Gasteiger partial charge in [0.1, 0.15) is 5.41 Å². The lowest BCUT2D eigenvalue weighted by molar-refractivity contribution is -0.128. The van der Waals surface area contributed by atoms with E-state index in [2.05, 4.69) is 20.4 Å². The van der Waals surface area contributed by atoms with Crippen molar-refractivity contribution in [3.8, 4) is 0 Å². The summed E-state index contributed by atoms with van der Waals surface area (Å²) in [5.41, 5.74) is 6.15. The lowest BCUT2D eigenvalue weighted by Gasteiger charge is -2.28. The van der Waals surface area contributed by atoms with Gasteiger partial charge in [-0.05, 0) is 19.8 Å². The van der Waals surface area contributed by atoms with E-state index in [9.17, 15) is 4.79 Å². The largest absolute Gasteiger partial charge is 0.409 e. The normalized spacial score (nSPS) is 12.2. The quantitative estimate of drug-likeness (QED) is 0.310. The van der Waals surface area contributed by atoms with Crippen molar-refractivity contribution >= 4 is 11.7 Å². The molecule has 0 saturated carbocycles. The van der Waals surface area contributed by atoms with Crippen LogP contribution in [0.15, 0.2) is 17.5 Å². The van der Waals surface area contributed by atoms with Gasteiger partial charge in [0.2, 0.25) is 5.91 Å². The zero-order valence-electron chi connectivity index (χ0n) is 12.1. The summed E-state index contributed by atoms with van der Waals surface area (Å²) in [5, 5.41) is 14.6. The van der Waals surface area contributed by atoms with E-state index in [1.165, 1.54) is 0 Å². The molecular formula is C13H21N5O2. The number of amidine groups is 1. The van der Waals surface area contributed by atoms with Gasteiger partial charge in [-0.3, -0.25) is 14.8 Å². The Balaban J connectivity index is 2.80. The highest BCUT2D eigenvalue weighted by Gasteiger charge is 2.39. The molecule has 0 aliphatic heterocycles. The van der Waals surface area contributed by atoms with Gasteiger partial charge in [0, 0.05) is 6.20 Å². The molecule has 0 fully saturated rings. The van der Waals surface area contributed by atoms with Gasteiger partial charge in [0.15, 0.2) is 5.84 Å². The summed E-state index contributed by atoms with van der Waals surface area (Å²) < 4.78 is 0. The van der Waals surface area contributed by atoms with E-state index in [0.717, 1.165) is 5.69 Å². The first kappa shape index (κ1) is 15.9. The van der Waals surface area contributed by atoms with Crippen LogP contribution in [0.3, 0.4) is 0 Å². The number of rotatable bonds is 6. The van der Waals surface area contributed by atoms with E-state index in [1.54, 1.807) is 12.4 Å². The Morgan fingerprint density at radius 3 is 2.50 bits per heavy atom. The van der Waals surface area contributed by atoms with Crippen LogP contribution in [0.1, 0.15) is 38.1 Å². The van der Waals surface area contributed by atoms with Crippen molar-refractivity contribution in [3.63, 3.8) is 0 Å². The van der Waals surface area contributed by atoms with E-state index >= 15 is 0 Å². The minimum atomic E-state index is -0.993. The second kappa shape index (κ2) is 6.83. The molecular weight excluding hydrogens is 258 g/mol. The van der Waals surface area contributed by atoms with Gasteiger partial charge in [-0.15, -0.1) is 0 Å². The van der Waals surface area contributed by atoms with Gasteiger partial charge in [-0.2, -0.15) is 0 Å². The molecule has 0 radical (unpaired) electrons. The maximum Gasteiger partial charge on any atom is 0.234 e. The minimum Gasteiger partial charge on any atom is -0.409 e. The smallest absolute Gasteiger partial charge is 0.234 e. The molecule has 1 aromatic rings. The molecule has 0 unspecified atom stereocenters. The molecule has 7 nitrogen and oxygen atoms in total. The van der Waals surface area contributed by atoms with Gasteiger partial charge in [0.05, 0.1) is 24.1 Å². The molecule has 0 aliphatic rings. The van der Waals surface area contributed by atoms with Crippen molar-refractivity contribution in [2.24, 2.45) is 16.3 Å². The molecule has 1 amide bonds. The third-order valence-corrected chi connectivity index (χ3v) is 3.50. The molecule has 4 N–H and O–H groups in total. The van der Waals surface area contributed by atoms with Crippen molar-refractivity contribution in [3.05, 3.63) is 23.8 Å². The van der Waals surface area contributed by atoms with Crippen LogP contribution in [-0.4, -0.2) is 26.9 Å². The number of hydrogen-bond acceptors (Lipinski definition) is 5. The summed E-state index contributed by atoms with van der Waals surface area (Å²) in [4.78, 5) is 20.6.